The van der Waals surface area contributed by atoms with Crippen LogP contribution in [0.4, 0.5) is 20.3 Å². The van der Waals surface area contributed by atoms with E-state index in [1.165, 1.54) is 52.4 Å². The van der Waals surface area contributed by atoms with E-state index in [2.05, 4.69) is 41.9 Å². The summed E-state index contributed by atoms with van der Waals surface area (Å²) in [6.07, 6.45) is 3.30. The Morgan fingerprint density at radius 2 is 1.66 bits per heavy atom. The fourth-order valence-corrected chi connectivity index (χ4v) is 13.2. The van der Waals surface area contributed by atoms with E-state index in [1.54, 1.807) is 45.0 Å². The Hall–Kier alpha value is -8.54. The molecule has 24 nitrogen and oxygen atoms in total. The second-order valence-corrected chi connectivity index (χ2v) is 26.5. The smallest absolute Gasteiger partial charge is 0.274 e. The van der Waals surface area contributed by atoms with Gasteiger partial charge in [0.25, 0.3) is 11.5 Å². The quantitative estimate of drug-likeness (QED) is 0.0998. The van der Waals surface area contributed by atoms with Crippen LogP contribution in [0.5, 0.6) is 0 Å². The van der Waals surface area contributed by atoms with Gasteiger partial charge in [0.15, 0.2) is 21.5 Å². The number of sulfone groups is 1. The summed E-state index contributed by atoms with van der Waals surface area (Å²) in [6, 6.07) is 4.33. The number of primary amides is 1. The van der Waals surface area contributed by atoms with Crippen LogP contribution in [0.3, 0.4) is 0 Å². The number of pyridine rings is 2. The van der Waals surface area contributed by atoms with Crippen molar-refractivity contribution in [2.24, 2.45) is 18.2 Å². The zero-order chi connectivity index (χ0) is 62.3. The number of thioether (sulfide) groups is 1. The molecule has 4 aromatic heterocycles. The highest BCUT2D eigenvalue weighted by Crippen LogP contribution is 2.45. The number of carbonyl (C=O) groups excluding carboxylic acids is 8. The fourth-order valence-electron chi connectivity index (χ4n) is 10.6. The summed E-state index contributed by atoms with van der Waals surface area (Å²) in [5.74, 6) is -11.5. The number of nitrogens with zero attached hydrogens (tertiary/aromatic N) is 4. The second-order valence-electron chi connectivity index (χ2n) is 22.4. The number of benzene rings is 2. The van der Waals surface area contributed by atoms with Gasteiger partial charge in [0.1, 0.15) is 41.5 Å². The molecule has 9 rings (SSSR count). The molecule has 2 fully saturated rings. The Balaban J connectivity index is 1.06. The molecular formula is C57H62F2N12O12S3. The number of nitrogens with two attached hydrogens (primary N) is 1. The normalized spacial score (nSPS) is 21.2. The van der Waals surface area contributed by atoms with Gasteiger partial charge in [-0.3, -0.25) is 43.2 Å². The molecule has 86 heavy (non-hydrogen) atoms. The molecule has 0 spiro atoms. The van der Waals surface area contributed by atoms with E-state index >= 15 is 4.39 Å². The minimum Gasteiger partial charge on any atom is -0.391 e. The number of aliphatic hydroxyl groups excluding tert-OH is 1. The Bertz CT molecular complexity index is 3920. The number of anilines is 2. The highest BCUT2D eigenvalue weighted by atomic mass is 32.2. The van der Waals surface area contributed by atoms with E-state index in [4.69, 9.17) is 5.73 Å². The van der Waals surface area contributed by atoms with Crippen LogP contribution in [0, 0.1) is 24.0 Å². The summed E-state index contributed by atoms with van der Waals surface area (Å²) in [5.41, 5.74) is 7.20. The number of hydrogen-bond donors (Lipinski definition) is 9. The standard InChI is InChI=1S/C57H62F2N12O12S3/c1-27-11-12-85-47(27)29-9-7-28(8-10-29)45-54(79)64-20-42(73)65-38(52(77)66-39(49(60)75)24-84-25-43(74)67-48(57(2,3)4)56(81)71-22-33(72)15-41(71)53(78)68-45)19-63-51(76)34-16-40-35(13-30(34)26-86(6,82)83)36-23-69(5)55(80)46-44(36)31(17-61-46)21-70(40)50-37(59)14-32(58)18-62-50/h7-14,16-18,23,33,38-39,41,45,48,61,72H,15,19-22,24-26H2,1-6H3,(H2,60,75)(H,63,76)(H,64,79)(H,65,73)(H,66,77)(H,67,74)(H,68,78)/t33-,38-,39-,41+,45-,48-/m1/s1. The molecule has 10 N–H and O–H groups in total. The first-order valence-electron chi connectivity index (χ1n) is 26.9. The third-order valence-corrected chi connectivity index (χ3v) is 17.8. The highest BCUT2D eigenvalue weighted by Gasteiger charge is 2.45. The molecule has 3 aliphatic rings. The summed E-state index contributed by atoms with van der Waals surface area (Å²) in [5, 5.41) is 28.5. The molecule has 0 unspecified atom stereocenters. The third kappa shape index (κ3) is 13.4. The van der Waals surface area contributed by atoms with Gasteiger partial charge in [0, 0.05) is 84.0 Å². The minimum absolute atomic E-state index is 0.0544. The zero-order valence-electron chi connectivity index (χ0n) is 47.3. The number of aliphatic hydroxyl groups is 1. The maximum atomic E-state index is 15.9. The van der Waals surface area contributed by atoms with Crippen molar-refractivity contribution in [3.8, 4) is 21.6 Å². The first-order valence-corrected chi connectivity index (χ1v) is 31.0. The molecule has 2 saturated heterocycles. The van der Waals surface area contributed by atoms with Gasteiger partial charge in [0.2, 0.25) is 41.4 Å². The van der Waals surface area contributed by atoms with Crippen LogP contribution >= 0.6 is 23.1 Å². The number of amides is 8. The van der Waals surface area contributed by atoms with Crippen molar-refractivity contribution >= 4 is 103 Å². The van der Waals surface area contributed by atoms with Gasteiger partial charge in [0.05, 0.1) is 42.6 Å². The summed E-state index contributed by atoms with van der Waals surface area (Å²) in [7, 11) is -2.50. The molecule has 3 aliphatic heterocycles. The number of thiophene rings is 1. The van der Waals surface area contributed by atoms with Gasteiger partial charge in [-0.2, -0.15) is 0 Å². The number of halogens is 2. The number of H-pyrrole nitrogens is 1. The van der Waals surface area contributed by atoms with E-state index in [1.807, 2.05) is 18.4 Å². The number of hydrogen-bond acceptors (Lipinski definition) is 16. The molecule has 7 heterocycles. The van der Waals surface area contributed by atoms with Crippen LogP contribution in [0.25, 0.3) is 32.5 Å². The van der Waals surface area contributed by atoms with E-state index < -0.39 is 141 Å². The lowest BCUT2D eigenvalue weighted by molar-refractivity contribution is -0.144. The second kappa shape index (κ2) is 24.8. The zero-order valence-corrected chi connectivity index (χ0v) is 49.8. The first kappa shape index (κ1) is 62.0. The average Bonchev–Trinajstić information content (AvgIpc) is 1.84. The Morgan fingerprint density at radius 1 is 0.930 bits per heavy atom. The number of rotatable bonds is 9. The number of aryl methyl sites for hydroxylation is 2. The van der Waals surface area contributed by atoms with Gasteiger partial charge < -0.3 is 62.1 Å². The largest absolute Gasteiger partial charge is 0.391 e. The van der Waals surface area contributed by atoms with Crippen molar-refractivity contribution in [2.45, 2.75) is 82.7 Å². The number of fused-ring (bicyclic) bond motifs is 3. The summed E-state index contributed by atoms with van der Waals surface area (Å²) in [4.78, 5) is 137. The van der Waals surface area contributed by atoms with Gasteiger partial charge in [-0.1, -0.05) is 45.0 Å². The van der Waals surface area contributed by atoms with Crippen molar-refractivity contribution < 1.29 is 60.7 Å². The summed E-state index contributed by atoms with van der Waals surface area (Å²) >= 11 is 2.32. The van der Waals surface area contributed by atoms with Gasteiger partial charge >= 0.3 is 0 Å². The lowest BCUT2D eigenvalue weighted by Gasteiger charge is -2.35. The van der Waals surface area contributed by atoms with Crippen molar-refractivity contribution in [3.63, 3.8) is 0 Å². The minimum atomic E-state index is -3.98. The molecule has 0 aliphatic carbocycles. The third-order valence-electron chi connectivity index (χ3n) is 14.8. The summed E-state index contributed by atoms with van der Waals surface area (Å²) in [6.45, 7) is 4.79. The monoisotopic (exact) mass is 1240 g/mol. The Labute approximate surface area is 499 Å². The topological polar surface area (TPSA) is 346 Å². The summed E-state index contributed by atoms with van der Waals surface area (Å²) < 4.78 is 57.9. The average molecular weight is 1240 g/mol. The number of nitrogens with one attached hydrogen (secondary N) is 7. The first-order chi connectivity index (χ1) is 40.6. The van der Waals surface area contributed by atoms with Crippen molar-refractivity contribution in [3.05, 3.63) is 122 Å². The molecule has 0 bridgehead atoms. The van der Waals surface area contributed by atoms with Gasteiger partial charge in [-0.15, -0.1) is 23.1 Å². The number of carbonyl (C=O) groups is 8. The Kier molecular flexibility index (Phi) is 17.9. The molecule has 29 heteroatoms. The lowest BCUT2D eigenvalue weighted by Crippen LogP contribution is -2.58. The van der Waals surface area contributed by atoms with E-state index in [-0.39, 0.29) is 64.5 Å². The molecule has 8 amide bonds. The van der Waals surface area contributed by atoms with E-state index in [0.29, 0.717) is 22.6 Å². The number of aromatic amines is 1. The van der Waals surface area contributed by atoms with Crippen molar-refractivity contribution in [2.75, 3.05) is 42.3 Å². The van der Waals surface area contributed by atoms with E-state index in [0.717, 1.165) is 45.1 Å². The molecule has 0 radical (unpaired) electrons. The van der Waals surface area contributed by atoms with Crippen LogP contribution in [0.15, 0.2) is 77.3 Å². The maximum Gasteiger partial charge on any atom is 0.274 e. The van der Waals surface area contributed by atoms with Gasteiger partial charge in [-0.05, 0) is 63.7 Å². The molecule has 6 atom stereocenters. The molecular weight excluding hydrogens is 1180 g/mol. The molecule has 0 saturated carbocycles. The van der Waals surface area contributed by atoms with Crippen LogP contribution in [-0.2, 0) is 62.7 Å². The predicted octanol–water partition coefficient (Wildman–Crippen LogP) is 1.84. The highest BCUT2D eigenvalue weighted by molar-refractivity contribution is 8.00. The van der Waals surface area contributed by atoms with Crippen LogP contribution in [0.2, 0.25) is 0 Å². The fraction of sp³-hybridized carbons (Fsp3) is 0.368. The van der Waals surface area contributed by atoms with Crippen LogP contribution < -0.4 is 48.1 Å². The van der Waals surface area contributed by atoms with Gasteiger partial charge in [-0.25, -0.2) is 22.2 Å². The van der Waals surface area contributed by atoms with Crippen LogP contribution in [-0.4, -0.2) is 148 Å². The van der Waals surface area contributed by atoms with E-state index in [9.17, 15) is 61.1 Å². The Morgan fingerprint density at radius 3 is 2.33 bits per heavy atom. The molecule has 2 aromatic carbocycles. The predicted molar refractivity (Wildman–Crippen MR) is 316 cm³/mol. The SMILES string of the molecule is Cc1ccsc1-c1ccc([C@H]2NC(=O)[C@@H]3C[C@@H](O)CN3C(=O)[C@H](C(C)(C)C)NC(=O)CSC[C@H](C(N)=O)NC(=O)[C@@H](CNC(=O)c3cc4c(cc3CS(C)(=O)=O)-c3cn(C)c(=O)c5[nH]cc(c35)CN4c3ncc(F)cc3F)NC(=O)CNC2=O)cc1. The number of aromatic nitrogens is 3. The van der Waals surface area contributed by atoms with Crippen LogP contribution in [0.1, 0.15) is 65.8 Å². The molecule has 6 aromatic rings. The molecule has 454 valence electrons. The lowest BCUT2D eigenvalue weighted by atomic mass is 9.85. The maximum absolute atomic E-state index is 15.9. The van der Waals surface area contributed by atoms with Crippen molar-refractivity contribution in [1.29, 1.82) is 0 Å². The van der Waals surface area contributed by atoms with Crippen molar-refractivity contribution in [1.82, 2.24) is 51.3 Å².